The molecule has 28 heavy (non-hydrogen) atoms. The Bertz CT molecular complexity index is 987. The number of para-hydroxylation sites is 2. The van der Waals surface area contributed by atoms with Crippen molar-refractivity contribution in [3.63, 3.8) is 0 Å². The maximum atomic E-state index is 11.3. The molecule has 0 radical (unpaired) electrons. The van der Waals surface area contributed by atoms with E-state index in [1.54, 1.807) is 18.2 Å². The van der Waals surface area contributed by atoms with Crippen molar-refractivity contribution in [2.45, 2.75) is 33.1 Å². The second-order valence-electron chi connectivity index (χ2n) is 7.63. The lowest BCUT2D eigenvalue weighted by molar-refractivity contribution is 0.0692. The second-order valence-corrected chi connectivity index (χ2v) is 7.63. The lowest BCUT2D eigenvalue weighted by Gasteiger charge is -2.14. The molecule has 3 aromatic rings. The summed E-state index contributed by atoms with van der Waals surface area (Å²) in [5.74, 6) is 0.0862. The van der Waals surface area contributed by atoms with E-state index in [1.807, 2.05) is 41.9 Å². The molecule has 146 valence electrons. The largest absolute Gasteiger partial charge is 0.478 e. The van der Waals surface area contributed by atoms with Crippen molar-refractivity contribution in [2.75, 3.05) is 12.0 Å². The van der Waals surface area contributed by atoms with Gasteiger partial charge >= 0.3 is 5.97 Å². The summed E-state index contributed by atoms with van der Waals surface area (Å²) in [6.45, 7) is 8.49. The van der Waals surface area contributed by atoms with Gasteiger partial charge in [0.25, 0.3) is 0 Å². The Labute approximate surface area is 164 Å². The van der Waals surface area contributed by atoms with Crippen LogP contribution in [-0.2, 0) is 5.41 Å². The monoisotopic (exact) mass is 379 g/mol. The molecule has 0 atom stereocenters. The molecule has 0 spiro atoms. The quantitative estimate of drug-likeness (QED) is 0.611. The highest BCUT2D eigenvalue weighted by molar-refractivity contribution is 5.90. The number of benzene rings is 2. The third kappa shape index (κ3) is 4.17. The van der Waals surface area contributed by atoms with E-state index in [1.165, 1.54) is 6.07 Å². The van der Waals surface area contributed by atoms with Crippen LogP contribution in [0.3, 0.4) is 0 Å². The van der Waals surface area contributed by atoms with Gasteiger partial charge in [-0.25, -0.2) is 9.48 Å². The fraction of sp³-hybridized carbons (Fsp3) is 0.273. The molecule has 0 saturated heterocycles. The van der Waals surface area contributed by atoms with Gasteiger partial charge in [0.2, 0.25) is 0 Å². The zero-order valence-corrected chi connectivity index (χ0v) is 16.6. The molecule has 0 aliphatic carbocycles. The van der Waals surface area contributed by atoms with Crippen LogP contribution in [0.25, 0.3) is 5.69 Å². The summed E-state index contributed by atoms with van der Waals surface area (Å²) in [4.78, 5) is 11.3. The minimum absolute atomic E-state index is 0.110. The first kappa shape index (κ1) is 19.5. The fourth-order valence-electron chi connectivity index (χ4n) is 2.82. The van der Waals surface area contributed by atoms with Crippen molar-refractivity contribution in [3.05, 3.63) is 71.4 Å². The number of rotatable bonds is 6. The first-order valence-corrected chi connectivity index (χ1v) is 9.13. The van der Waals surface area contributed by atoms with E-state index in [9.17, 15) is 9.90 Å². The molecule has 0 unspecified atom stereocenters. The SMILES string of the molecule is Cc1ccccc1-n1nc(C(C)(C)C)cc1NCOc1ccccc1C(=O)O. The Morgan fingerprint density at radius 1 is 1.14 bits per heavy atom. The number of ether oxygens (including phenoxy) is 1. The number of hydrogen-bond donors (Lipinski definition) is 2. The Morgan fingerprint density at radius 2 is 1.82 bits per heavy atom. The number of nitrogens with zero attached hydrogens (tertiary/aromatic N) is 2. The van der Waals surface area contributed by atoms with Crippen molar-refractivity contribution >= 4 is 11.8 Å². The number of anilines is 1. The van der Waals surface area contributed by atoms with Crippen molar-refractivity contribution in [1.29, 1.82) is 0 Å². The van der Waals surface area contributed by atoms with Crippen molar-refractivity contribution in [3.8, 4) is 11.4 Å². The summed E-state index contributed by atoms with van der Waals surface area (Å²) in [5, 5.41) is 17.3. The summed E-state index contributed by atoms with van der Waals surface area (Å²) < 4.78 is 7.55. The zero-order valence-electron chi connectivity index (χ0n) is 16.6. The normalized spacial score (nSPS) is 11.3. The van der Waals surface area contributed by atoms with Crippen LogP contribution in [0, 0.1) is 6.92 Å². The molecule has 6 heteroatoms. The van der Waals surface area contributed by atoms with Gasteiger partial charge in [-0.05, 0) is 30.7 Å². The Balaban J connectivity index is 1.87. The molecule has 3 rings (SSSR count). The molecule has 0 aliphatic heterocycles. The summed E-state index contributed by atoms with van der Waals surface area (Å²) in [6.07, 6.45) is 0. The Kier molecular flexibility index (Phi) is 5.40. The highest BCUT2D eigenvalue weighted by Gasteiger charge is 2.21. The first-order valence-electron chi connectivity index (χ1n) is 9.13. The van der Waals surface area contributed by atoms with E-state index in [2.05, 4.69) is 26.1 Å². The molecule has 1 heterocycles. The number of hydrogen-bond acceptors (Lipinski definition) is 4. The second kappa shape index (κ2) is 7.76. The van der Waals surface area contributed by atoms with Crippen LogP contribution >= 0.6 is 0 Å². The number of carboxylic acids is 1. The van der Waals surface area contributed by atoms with Crippen LogP contribution in [-0.4, -0.2) is 27.6 Å². The molecular formula is C22H25N3O3. The summed E-state index contributed by atoms with van der Waals surface area (Å²) >= 11 is 0. The van der Waals surface area contributed by atoms with Gasteiger partial charge in [-0.3, -0.25) is 0 Å². The molecule has 2 N–H and O–H groups in total. The van der Waals surface area contributed by atoms with Crippen molar-refractivity contribution in [2.24, 2.45) is 0 Å². The minimum atomic E-state index is -1.02. The zero-order chi connectivity index (χ0) is 20.3. The molecule has 6 nitrogen and oxygen atoms in total. The topological polar surface area (TPSA) is 76.4 Å². The number of carbonyl (C=O) groups is 1. The number of nitrogens with one attached hydrogen (secondary N) is 1. The molecule has 0 amide bonds. The van der Waals surface area contributed by atoms with Gasteiger partial charge in [0.1, 0.15) is 17.1 Å². The van der Waals surface area contributed by atoms with E-state index < -0.39 is 5.97 Å². The van der Waals surface area contributed by atoms with Crippen LogP contribution in [0.15, 0.2) is 54.6 Å². The van der Waals surface area contributed by atoms with Gasteiger partial charge in [-0.15, -0.1) is 0 Å². The number of aryl methyl sites for hydroxylation is 1. The lowest BCUT2D eigenvalue weighted by atomic mass is 9.92. The van der Waals surface area contributed by atoms with Gasteiger partial charge in [-0.1, -0.05) is 51.1 Å². The first-order chi connectivity index (χ1) is 13.3. The van der Waals surface area contributed by atoms with E-state index in [0.29, 0.717) is 5.75 Å². The van der Waals surface area contributed by atoms with E-state index >= 15 is 0 Å². The third-order valence-electron chi connectivity index (χ3n) is 4.42. The summed E-state index contributed by atoms with van der Waals surface area (Å²) in [5.41, 5.74) is 3.05. The third-order valence-corrected chi connectivity index (χ3v) is 4.42. The fourth-order valence-corrected chi connectivity index (χ4v) is 2.82. The number of aromatic carboxylic acids is 1. The van der Waals surface area contributed by atoms with Crippen LogP contribution in [0.4, 0.5) is 5.82 Å². The van der Waals surface area contributed by atoms with E-state index in [4.69, 9.17) is 9.84 Å². The molecule has 1 aromatic heterocycles. The predicted molar refractivity (Wildman–Crippen MR) is 110 cm³/mol. The minimum Gasteiger partial charge on any atom is -0.478 e. The maximum absolute atomic E-state index is 11.3. The van der Waals surface area contributed by atoms with Gasteiger partial charge in [-0.2, -0.15) is 5.10 Å². The number of aromatic nitrogens is 2. The molecule has 0 bridgehead atoms. The van der Waals surface area contributed by atoms with Crippen LogP contribution in [0.2, 0.25) is 0 Å². The molecule has 0 aliphatic rings. The Morgan fingerprint density at radius 3 is 2.50 bits per heavy atom. The average molecular weight is 379 g/mol. The van der Waals surface area contributed by atoms with E-state index in [0.717, 1.165) is 22.8 Å². The molecule has 0 fully saturated rings. The lowest BCUT2D eigenvalue weighted by Crippen LogP contribution is -2.14. The molecule has 2 aromatic carbocycles. The summed E-state index contributed by atoms with van der Waals surface area (Å²) in [7, 11) is 0. The van der Waals surface area contributed by atoms with Gasteiger partial charge in [0.15, 0.2) is 6.73 Å². The van der Waals surface area contributed by atoms with Crippen LogP contribution in [0.5, 0.6) is 5.75 Å². The van der Waals surface area contributed by atoms with Gasteiger partial charge < -0.3 is 15.2 Å². The smallest absolute Gasteiger partial charge is 0.339 e. The maximum Gasteiger partial charge on any atom is 0.339 e. The standard InChI is InChI=1S/C22H25N3O3/c1-15-9-5-7-11-17(15)25-20(13-19(24-25)22(2,3)4)23-14-28-18-12-8-6-10-16(18)21(26)27/h5-13,23H,14H2,1-4H3,(H,26,27). The van der Waals surface area contributed by atoms with Crippen molar-refractivity contribution in [1.82, 2.24) is 9.78 Å². The highest BCUT2D eigenvalue weighted by Crippen LogP contribution is 2.27. The van der Waals surface area contributed by atoms with Gasteiger partial charge in [0, 0.05) is 11.5 Å². The summed E-state index contributed by atoms with van der Waals surface area (Å²) in [6, 6.07) is 16.6. The van der Waals surface area contributed by atoms with Crippen molar-refractivity contribution < 1.29 is 14.6 Å². The van der Waals surface area contributed by atoms with E-state index in [-0.39, 0.29) is 17.7 Å². The molecular weight excluding hydrogens is 354 g/mol. The average Bonchev–Trinajstić information content (AvgIpc) is 3.07. The van der Waals surface area contributed by atoms with Crippen LogP contribution in [0.1, 0.15) is 42.4 Å². The van der Waals surface area contributed by atoms with Crippen LogP contribution < -0.4 is 10.1 Å². The number of carboxylic acid groups (broad SMARTS) is 1. The highest BCUT2D eigenvalue weighted by atomic mass is 16.5. The predicted octanol–water partition coefficient (Wildman–Crippen LogP) is 4.62. The molecule has 0 saturated carbocycles. The van der Waals surface area contributed by atoms with Gasteiger partial charge in [0.05, 0.1) is 11.4 Å². The Hall–Kier alpha value is -3.28.